The molecule has 0 heterocycles. The number of hydrogen-bond donors (Lipinski definition) is 0. The second kappa shape index (κ2) is 6.26. The third-order valence-electron chi connectivity index (χ3n) is 5.60. The van der Waals surface area contributed by atoms with Crippen molar-refractivity contribution in [2.75, 3.05) is 0 Å². The number of benzene rings is 2. The molecule has 0 aliphatic heterocycles. The Morgan fingerprint density at radius 3 is 1.75 bits per heavy atom. The summed E-state index contributed by atoms with van der Waals surface area (Å²) in [6, 6.07) is 17.3. The molecule has 2 atom stereocenters. The average Bonchev–Trinajstić information content (AvgIpc) is 3.20. The molecule has 4 heteroatoms. The summed E-state index contributed by atoms with van der Waals surface area (Å²) in [5.74, 6) is 0. The molecule has 2 unspecified atom stereocenters. The molecule has 0 aromatic heterocycles. The van der Waals surface area contributed by atoms with Crippen LogP contribution >= 0.6 is 17.0 Å². The number of halogens is 2. The van der Waals surface area contributed by atoms with Gasteiger partial charge in [-0.3, -0.25) is 0 Å². The van der Waals surface area contributed by atoms with Gasteiger partial charge < -0.3 is 0 Å². The van der Waals surface area contributed by atoms with Crippen molar-refractivity contribution < 1.29 is 13.9 Å². The summed E-state index contributed by atoms with van der Waals surface area (Å²) in [6.07, 6.45) is 9.08. The van der Waals surface area contributed by atoms with Crippen molar-refractivity contribution in [2.24, 2.45) is 0 Å². The Kier molecular flexibility index (Phi) is 4.52. The molecule has 0 saturated heterocycles. The molecule has 2 aromatic carbocycles. The normalized spacial score (nSPS) is 22.7. The monoisotopic (exact) mass is 447 g/mol. The first-order valence-electron chi connectivity index (χ1n) is 8.66. The van der Waals surface area contributed by atoms with E-state index in [1.54, 1.807) is 0 Å². The van der Waals surface area contributed by atoms with E-state index in [2.05, 4.69) is 79.8 Å². The Morgan fingerprint density at radius 1 is 0.833 bits per heavy atom. The van der Waals surface area contributed by atoms with Gasteiger partial charge in [-0.1, -0.05) is 0 Å². The van der Waals surface area contributed by atoms with Gasteiger partial charge in [-0.05, 0) is 0 Å². The van der Waals surface area contributed by atoms with Gasteiger partial charge in [0.2, 0.25) is 0 Å². The number of allylic oxidation sites excluding steroid dienone is 2. The molecule has 2 aliphatic carbocycles. The molecule has 0 fully saturated rings. The van der Waals surface area contributed by atoms with Crippen molar-refractivity contribution >= 4 is 40.6 Å². The second-order valence-corrected chi connectivity index (χ2v) is 47.9. The average molecular weight is 449 g/mol. The van der Waals surface area contributed by atoms with Gasteiger partial charge in [0.25, 0.3) is 0 Å². The fourth-order valence-electron chi connectivity index (χ4n) is 4.51. The van der Waals surface area contributed by atoms with E-state index in [9.17, 15) is 0 Å². The molecule has 0 nitrogen and oxygen atoms in total. The number of hydrogen-bond acceptors (Lipinski definition) is 0. The van der Waals surface area contributed by atoms with E-state index in [0.717, 1.165) is 5.28 Å². The van der Waals surface area contributed by atoms with E-state index in [1.165, 1.54) is 22.3 Å². The van der Waals surface area contributed by atoms with Crippen molar-refractivity contribution in [1.82, 2.24) is 0 Å². The van der Waals surface area contributed by atoms with Gasteiger partial charge in [-0.15, -0.1) is 0 Å². The van der Waals surface area contributed by atoms with Crippen LogP contribution in [0.4, 0.5) is 0 Å². The zero-order valence-electron chi connectivity index (χ0n) is 13.8. The van der Waals surface area contributed by atoms with Gasteiger partial charge in [0.15, 0.2) is 0 Å². The van der Waals surface area contributed by atoms with Crippen LogP contribution in [0.2, 0.25) is 5.28 Å². The van der Waals surface area contributed by atoms with Gasteiger partial charge in [0, 0.05) is 0 Å². The van der Waals surface area contributed by atoms with Crippen LogP contribution in [0.3, 0.4) is 0 Å². The predicted molar refractivity (Wildman–Crippen MR) is 106 cm³/mol. The van der Waals surface area contributed by atoms with Gasteiger partial charge in [0.05, 0.1) is 0 Å². The number of rotatable bonds is 4. The van der Waals surface area contributed by atoms with Crippen LogP contribution in [0.25, 0.3) is 12.2 Å². The first kappa shape index (κ1) is 17.3. The van der Waals surface area contributed by atoms with Gasteiger partial charge in [-0.25, -0.2) is 0 Å². The SMILES string of the molecule is C[CH2][AlH][Zr]([Cl])([Cl])([CH]1C=Cc2ccccc21)[CH]1C=Cc2ccccc21. The van der Waals surface area contributed by atoms with E-state index < -0.39 is 25.4 Å². The minimum absolute atomic E-state index is 0.249. The summed E-state index contributed by atoms with van der Waals surface area (Å²) in [4.78, 5) is 0. The first-order chi connectivity index (χ1) is 11.5. The van der Waals surface area contributed by atoms with Crippen LogP contribution in [-0.4, -0.2) is 11.5 Å². The first-order valence-corrected chi connectivity index (χ1v) is 24.7. The van der Waals surface area contributed by atoms with Crippen molar-refractivity contribution in [2.45, 2.75) is 19.5 Å². The Morgan fingerprint density at radius 2 is 1.29 bits per heavy atom. The predicted octanol–water partition coefficient (Wildman–Crippen LogP) is 6.31. The molecule has 0 N–H and O–H groups in total. The summed E-state index contributed by atoms with van der Waals surface area (Å²) in [5.41, 5.74) is 5.30. The zero-order chi connectivity index (χ0) is 16.8. The zero-order valence-corrected chi connectivity index (χ0v) is 19.1. The topological polar surface area (TPSA) is 0 Å². The summed E-state index contributed by atoms with van der Waals surface area (Å²) in [7, 11) is 15.4. The van der Waals surface area contributed by atoms with E-state index in [1.807, 2.05) is 0 Å². The molecule has 0 saturated carbocycles. The maximum atomic E-state index is 7.70. The molecule has 2 aliphatic rings. The van der Waals surface area contributed by atoms with Crippen LogP contribution in [0.1, 0.15) is 36.4 Å². The molecule has 121 valence electrons. The molecule has 4 rings (SSSR count). The third kappa shape index (κ3) is 2.58. The molecule has 0 bridgehead atoms. The van der Waals surface area contributed by atoms with Crippen LogP contribution in [0.5, 0.6) is 0 Å². The minimum atomic E-state index is -4.07. The molecule has 0 amide bonds. The quantitative estimate of drug-likeness (QED) is 0.480. The van der Waals surface area contributed by atoms with E-state index >= 15 is 0 Å². The molecular weight excluding hydrogens is 429 g/mol. The fourth-order valence-corrected chi connectivity index (χ4v) is 40.9. The Hall–Kier alpha value is -0.0844. The summed E-state index contributed by atoms with van der Waals surface area (Å²) in [5, 5.41) is 1.16. The third-order valence-corrected chi connectivity index (χ3v) is 44.0. The second-order valence-electron chi connectivity index (χ2n) is 7.03. The molecular formula is C20H20AlCl2Zr. The summed E-state index contributed by atoms with van der Waals surface area (Å²) >= 11 is -4.63. The van der Waals surface area contributed by atoms with Gasteiger partial charge in [-0.2, -0.15) is 0 Å². The van der Waals surface area contributed by atoms with Crippen molar-refractivity contribution in [1.29, 1.82) is 0 Å². The Bertz CT molecular complexity index is 791. The standard InChI is InChI=1S/2C9H7.C2H5.Al.2ClH.Zr.H/c2*1-2-5-9-7-3-6-8(9)4-1;1-2;;;;;/h2*1-7H;1H2,2H3;;2*1H;;/q;;;;;;+2;/p-2. The van der Waals surface area contributed by atoms with E-state index in [-0.39, 0.29) is 7.25 Å². The Balaban J connectivity index is 1.88. The maximum absolute atomic E-state index is 7.70. The van der Waals surface area contributed by atoms with Gasteiger partial charge >= 0.3 is 157 Å². The molecule has 0 radical (unpaired) electrons. The Labute approximate surface area is 155 Å². The summed E-state index contributed by atoms with van der Waals surface area (Å²) in [6.45, 7) is 2.26. The van der Waals surface area contributed by atoms with Crippen molar-refractivity contribution in [3.8, 4) is 0 Å². The number of fused-ring (bicyclic) bond motifs is 2. The van der Waals surface area contributed by atoms with Crippen molar-refractivity contribution in [3.63, 3.8) is 0 Å². The van der Waals surface area contributed by atoms with Crippen LogP contribution in [0.15, 0.2) is 60.7 Å². The van der Waals surface area contributed by atoms with Gasteiger partial charge in [0.1, 0.15) is 0 Å². The van der Waals surface area contributed by atoms with Crippen LogP contribution in [0, 0.1) is 0 Å². The molecule has 2 aromatic rings. The van der Waals surface area contributed by atoms with Crippen molar-refractivity contribution in [3.05, 3.63) is 82.9 Å². The van der Waals surface area contributed by atoms with E-state index in [0.29, 0.717) is 0 Å². The van der Waals surface area contributed by atoms with Crippen LogP contribution in [-0.2, 0) is 13.9 Å². The fraction of sp³-hybridized carbons (Fsp3) is 0.200. The van der Waals surface area contributed by atoms with E-state index in [4.69, 9.17) is 17.0 Å². The molecule has 24 heavy (non-hydrogen) atoms. The molecule has 0 spiro atoms. The summed E-state index contributed by atoms with van der Waals surface area (Å²) < 4.78 is 0.497. The van der Waals surface area contributed by atoms with Crippen LogP contribution < -0.4 is 0 Å².